The fourth-order valence-corrected chi connectivity index (χ4v) is 5.48. The van der Waals surface area contributed by atoms with E-state index >= 15 is 0 Å². The van der Waals surface area contributed by atoms with Crippen LogP contribution in [0.25, 0.3) is 11.1 Å². The summed E-state index contributed by atoms with van der Waals surface area (Å²) < 4.78 is 0. The maximum Gasteiger partial charge on any atom is 0.168 e. The monoisotopic (exact) mass is 466 g/mol. The molecule has 0 bridgehead atoms. The largest absolute Gasteiger partial charge is 0.508 e. The van der Waals surface area contributed by atoms with Crippen LogP contribution in [-0.4, -0.2) is 35.4 Å². The summed E-state index contributed by atoms with van der Waals surface area (Å²) in [5.74, 6) is 0.293. The number of phenolic OH excluding ortho intramolecular Hbond substituents is 1. The summed E-state index contributed by atoms with van der Waals surface area (Å²) in [6.45, 7) is 3.69. The van der Waals surface area contributed by atoms with E-state index in [0.717, 1.165) is 34.3 Å². The number of anilines is 1. The van der Waals surface area contributed by atoms with Crippen molar-refractivity contribution in [2.75, 3.05) is 25.4 Å². The first kappa shape index (κ1) is 23.4. The minimum atomic E-state index is 0.0955. The smallest absolute Gasteiger partial charge is 0.168 e. The highest BCUT2D eigenvalue weighted by atomic mass is 16.3. The van der Waals surface area contributed by atoms with Gasteiger partial charge in [0.2, 0.25) is 0 Å². The Balaban J connectivity index is 1.38. The van der Waals surface area contributed by atoms with E-state index in [1.807, 2.05) is 30.3 Å². The van der Waals surface area contributed by atoms with Gasteiger partial charge >= 0.3 is 0 Å². The number of nitrogens with zero attached hydrogens (tertiary/aromatic N) is 1. The van der Waals surface area contributed by atoms with E-state index in [2.05, 4.69) is 29.2 Å². The summed E-state index contributed by atoms with van der Waals surface area (Å²) in [6, 6.07) is 21.7. The Labute approximate surface area is 208 Å². The molecule has 3 aromatic carbocycles. The number of aromatic hydroxyl groups is 1. The summed E-state index contributed by atoms with van der Waals surface area (Å²) in [5.41, 5.74) is 14.0. The number of piperidine rings is 1. The molecule has 0 atom stereocenters. The van der Waals surface area contributed by atoms with Gasteiger partial charge in [0.25, 0.3) is 0 Å². The van der Waals surface area contributed by atoms with E-state index in [1.165, 1.54) is 56.4 Å². The predicted octanol–water partition coefficient (Wildman–Crippen LogP) is 5.67. The molecular weight excluding hydrogens is 432 g/mol. The highest BCUT2D eigenvalue weighted by molar-refractivity contribution is 6.30. The van der Waals surface area contributed by atoms with Crippen molar-refractivity contribution < 1.29 is 9.90 Å². The molecule has 0 unspecified atom stereocenters. The number of phenols is 1. The maximum atomic E-state index is 13.3. The zero-order valence-corrected chi connectivity index (χ0v) is 20.3. The van der Waals surface area contributed by atoms with Crippen molar-refractivity contribution in [1.29, 1.82) is 0 Å². The number of nitrogens with two attached hydrogens (primary N) is 1. The molecule has 2 aliphatic rings. The van der Waals surface area contributed by atoms with Crippen LogP contribution < -0.4 is 5.73 Å². The van der Waals surface area contributed by atoms with Crippen LogP contribution in [0.3, 0.4) is 0 Å². The van der Waals surface area contributed by atoms with Gasteiger partial charge in [-0.25, -0.2) is 0 Å². The fraction of sp³-hybridized carbons (Fsp3) is 0.323. The van der Waals surface area contributed by atoms with Crippen molar-refractivity contribution in [1.82, 2.24) is 4.90 Å². The molecule has 0 radical (unpaired) electrons. The first-order chi connectivity index (χ1) is 17.1. The zero-order valence-electron chi connectivity index (χ0n) is 20.3. The molecule has 180 valence electrons. The molecular formula is C31H34N2O2. The average molecular weight is 467 g/mol. The average Bonchev–Trinajstić information content (AvgIpc) is 2.86. The Morgan fingerprint density at radius 2 is 1.57 bits per heavy atom. The van der Waals surface area contributed by atoms with Crippen LogP contribution in [0.4, 0.5) is 5.69 Å². The number of ketones is 1. The summed E-state index contributed by atoms with van der Waals surface area (Å²) in [6.07, 6.45) is 7.37. The van der Waals surface area contributed by atoms with Gasteiger partial charge in [0.15, 0.2) is 5.78 Å². The number of Topliss-reactive ketones (excluding diaryl/α,β-unsaturated/α-hetero) is 1. The number of rotatable bonds is 7. The SMILES string of the molecule is Nc1ccc2c(c1)CC(=O)C(c1ccc(O)cc1)=C2Cc1ccc(CCCN2CCCCC2)cc1. The first-order valence-corrected chi connectivity index (χ1v) is 12.8. The predicted molar refractivity (Wildman–Crippen MR) is 143 cm³/mol. The van der Waals surface area contributed by atoms with Crippen molar-refractivity contribution in [3.63, 3.8) is 0 Å². The van der Waals surface area contributed by atoms with E-state index in [1.54, 1.807) is 12.1 Å². The van der Waals surface area contributed by atoms with Crippen LogP contribution in [-0.2, 0) is 24.1 Å². The fourth-order valence-electron chi connectivity index (χ4n) is 5.48. The molecule has 4 nitrogen and oxygen atoms in total. The minimum Gasteiger partial charge on any atom is -0.508 e. The van der Waals surface area contributed by atoms with Gasteiger partial charge in [-0.05, 0) is 109 Å². The second kappa shape index (κ2) is 10.5. The van der Waals surface area contributed by atoms with Crippen molar-refractivity contribution in [3.8, 4) is 5.75 Å². The van der Waals surface area contributed by atoms with Gasteiger partial charge in [0.1, 0.15) is 5.75 Å². The number of allylic oxidation sites excluding steroid dienone is 2. The zero-order chi connectivity index (χ0) is 24.2. The standard InChI is InChI=1S/C31H34N2O2/c32-26-12-15-28-25(20-26)21-30(35)31(24-10-13-27(34)14-11-24)29(28)19-23-8-6-22(7-9-23)5-4-18-33-16-2-1-3-17-33/h6-15,20,34H,1-5,16-19,21,32H2. The second-order valence-electron chi connectivity index (χ2n) is 9.92. The van der Waals surface area contributed by atoms with E-state index in [0.29, 0.717) is 18.5 Å². The van der Waals surface area contributed by atoms with Crippen LogP contribution in [0.15, 0.2) is 66.7 Å². The maximum absolute atomic E-state index is 13.3. The van der Waals surface area contributed by atoms with Crippen LogP contribution in [0, 0.1) is 0 Å². The number of aryl methyl sites for hydroxylation is 1. The van der Waals surface area contributed by atoms with Crippen LogP contribution >= 0.6 is 0 Å². The number of likely N-dealkylation sites (tertiary alicyclic amines) is 1. The summed E-state index contributed by atoms with van der Waals surface area (Å²) >= 11 is 0. The van der Waals surface area contributed by atoms with E-state index in [9.17, 15) is 9.90 Å². The van der Waals surface area contributed by atoms with Crippen molar-refractivity contribution in [2.45, 2.75) is 44.9 Å². The number of hydrogen-bond acceptors (Lipinski definition) is 4. The third kappa shape index (κ3) is 5.49. The molecule has 4 heteroatoms. The van der Waals surface area contributed by atoms with Crippen LogP contribution in [0.1, 0.15) is 53.5 Å². The Morgan fingerprint density at radius 3 is 2.31 bits per heavy atom. The summed E-state index contributed by atoms with van der Waals surface area (Å²) in [5, 5.41) is 9.75. The second-order valence-corrected chi connectivity index (χ2v) is 9.92. The number of carbonyl (C=O) groups excluding carboxylic acids is 1. The van der Waals surface area contributed by atoms with Gasteiger partial charge in [-0.3, -0.25) is 4.79 Å². The van der Waals surface area contributed by atoms with E-state index in [-0.39, 0.29) is 11.5 Å². The number of hydrogen-bond donors (Lipinski definition) is 2. The minimum absolute atomic E-state index is 0.0955. The van der Waals surface area contributed by atoms with E-state index in [4.69, 9.17) is 5.73 Å². The molecule has 1 saturated heterocycles. The Bertz CT molecular complexity index is 1220. The third-order valence-corrected chi connectivity index (χ3v) is 7.33. The van der Waals surface area contributed by atoms with Crippen molar-refractivity contribution in [2.24, 2.45) is 0 Å². The molecule has 1 heterocycles. The lowest BCUT2D eigenvalue weighted by Gasteiger charge is -2.26. The lowest BCUT2D eigenvalue weighted by Crippen LogP contribution is -2.30. The Morgan fingerprint density at radius 1 is 0.857 bits per heavy atom. The van der Waals surface area contributed by atoms with E-state index < -0.39 is 0 Å². The number of benzene rings is 3. The Hall–Kier alpha value is -3.37. The lowest BCUT2D eigenvalue weighted by molar-refractivity contribution is -0.113. The molecule has 0 saturated carbocycles. The summed E-state index contributed by atoms with van der Waals surface area (Å²) in [7, 11) is 0. The molecule has 0 amide bonds. The Kier molecular flexibility index (Phi) is 7.01. The molecule has 3 aromatic rings. The molecule has 0 spiro atoms. The van der Waals surface area contributed by atoms with Crippen molar-refractivity contribution in [3.05, 3.63) is 94.5 Å². The third-order valence-electron chi connectivity index (χ3n) is 7.33. The molecule has 3 N–H and O–H groups in total. The molecule has 5 rings (SSSR count). The van der Waals surface area contributed by atoms with Crippen molar-refractivity contribution >= 4 is 22.6 Å². The molecule has 1 fully saturated rings. The topological polar surface area (TPSA) is 66.6 Å². The molecule has 35 heavy (non-hydrogen) atoms. The van der Waals surface area contributed by atoms with Gasteiger partial charge in [-0.1, -0.05) is 48.9 Å². The first-order valence-electron chi connectivity index (χ1n) is 12.8. The normalized spacial score (nSPS) is 16.4. The number of fused-ring (bicyclic) bond motifs is 1. The molecule has 0 aromatic heterocycles. The van der Waals surface area contributed by atoms with Gasteiger partial charge in [-0.15, -0.1) is 0 Å². The van der Waals surface area contributed by atoms with Gasteiger partial charge in [0, 0.05) is 17.7 Å². The number of nitrogen functional groups attached to an aromatic ring is 1. The number of carbonyl (C=O) groups is 1. The highest BCUT2D eigenvalue weighted by Crippen LogP contribution is 2.38. The van der Waals surface area contributed by atoms with Crippen LogP contribution in [0.5, 0.6) is 5.75 Å². The quantitative estimate of drug-likeness (QED) is 0.440. The highest BCUT2D eigenvalue weighted by Gasteiger charge is 2.26. The van der Waals surface area contributed by atoms with Gasteiger partial charge < -0.3 is 15.7 Å². The lowest BCUT2D eigenvalue weighted by atomic mass is 9.79. The molecule has 1 aliphatic heterocycles. The molecule has 1 aliphatic carbocycles. The van der Waals surface area contributed by atoms with Gasteiger partial charge in [0.05, 0.1) is 0 Å². The summed E-state index contributed by atoms with van der Waals surface area (Å²) in [4.78, 5) is 15.9. The van der Waals surface area contributed by atoms with Gasteiger partial charge in [-0.2, -0.15) is 0 Å². The van der Waals surface area contributed by atoms with Crippen LogP contribution in [0.2, 0.25) is 0 Å².